The minimum atomic E-state index is 0.257. The van der Waals surface area contributed by atoms with Gasteiger partial charge < -0.3 is 10.1 Å². The highest BCUT2D eigenvalue weighted by Crippen LogP contribution is 2.35. The van der Waals surface area contributed by atoms with Crippen molar-refractivity contribution in [2.75, 3.05) is 11.9 Å². The zero-order valence-corrected chi connectivity index (χ0v) is 9.31. The molecule has 1 N–H and O–H groups in total. The SMILES string of the molecule is Cc1cc(Br)cc2c1OC(C)CN2. The highest BCUT2D eigenvalue weighted by molar-refractivity contribution is 9.10. The van der Waals surface area contributed by atoms with Gasteiger partial charge in [0, 0.05) is 4.47 Å². The lowest BCUT2D eigenvalue weighted by atomic mass is 10.1. The molecule has 0 bridgehead atoms. The van der Waals surface area contributed by atoms with Gasteiger partial charge in [-0.15, -0.1) is 0 Å². The molecule has 0 saturated heterocycles. The minimum Gasteiger partial charge on any atom is -0.486 e. The van der Waals surface area contributed by atoms with E-state index in [1.807, 2.05) is 6.07 Å². The van der Waals surface area contributed by atoms with E-state index in [0.29, 0.717) is 0 Å². The molecule has 0 fully saturated rings. The second-order valence-electron chi connectivity index (χ2n) is 3.41. The number of nitrogens with one attached hydrogen (secondary N) is 1. The molecule has 2 rings (SSSR count). The number of halogens is 1. The zero-order valence-electron chi connectivity index (χ0n) is 7.73. The van der Waals surface area contributed by atoms with Crippen molar-refractivity contribution in [2.45, 2.75) is 20.0 Å². The standard InChI is InChI=1S/C10H12BrNO/c1-6-3-8(11)4-9-10(6)13-7(2)5-12-9/h3-4,7,12H,5H2,1-2H3. The molecule has 0 spiro atoms. The average Bonchev–Trinajstić information content (AvgIpc) is 2.06. The molecular weight excluding hydrogens is 230 g/mol. The van der Waals surface area contributed by atoms with E-state index in [9.17, 15) is 0 Å². The highest BCUT2D eigenvalue weighted by atomic mass is 79.9. The van der Waals surface area contributed by atoms with Crippen molar-refractivity contribution in [2.24, 2.45) is 0 Å². The number of anilines is 1. The Balaban J connectivity index is 2.47. The lowest BCUT2D eigenvalue weighted by Crippen LogP contribution is -2.28. The predicted octanol–water partition coefficient (Wildman–Crippen LogP) is 2.95. The van der Waals surface area contributed by atoms with Crippen molar-refractivity contribution in [3.63, 3.8) is 0 Å². The largest absolute Gasteiger partial charge is 0.486 e. The third-order valence-electron chi connectivity index (χ3n) is 2.14. The summed E-state index contributed by atoms with van der Waals surface area (Å²) in [6.45, 7) is 5.00. The summed E-state index contributed by atoms with van der Waals surface area (Å²) in [4.78, 5) is 0. The molecular formula is C10H12BrNO. The number of rotatable bonds is 0. The summed E-state index contributed by atoms with van der Waals surface area (Å²) in [5, 5.41) is 3.34. The topological polar surface area (TPSA) is 21.3 Å². The summed E-state index contributed by atoms with van der Waals surface area (Å²) in [7, 11) is 0. The molecule has 0 aromatic heterocycles. The normalized spacial score (nSPS) is 20.1. The maximum absolute atomic E-state index is 5.73. The summed E-state index contributed by atoms with van der Waals surface area (Å²) >= 11 is 3.46. The van der Waals surface area contributed by atoms with Crippen LogP contribution in [0.15, 0.2) is 16.6 Å². The van der Waals surface area contributed by atoms with E-state index in [1.165, 1.54) is 5.56 Å². The number of ether oxygens (including phenoxy) is 1. The van der Waals surface area contributed by atoms with E-state index in [2.05, 4.69) is 41.2 Å². The van der Waals surface area contributed by atoms with Crippen molar-refractivity contribution in [3.05, 3.63) is 22.2 Å². The lowest BCUT2D eigenvalue weighted by molar-refractivity contribution is 0.224. The first-order chi connectivity index (χ1) is 6.16. The summed E-state index contributed by atoms with van der Waals surface area (Å²) in [5.41, 5.74) is 2.26. The summed E-state index contributed by atoms with van der Waals surface area (Å²) in [6, 6.07) is 4.12. The van der Waals surface area contributed by atoms with Crippen molar-refractivity contribution in [1.29, 1.82) is 0 Å². The number of hydrogen-bond acceptors (Lipinski definition) is 2. The van der Waals surface area contributed by atoms with Gasteiger partial charge in [0.15, 0.2) is 0 Å². The van der Waals surface area contributed by atoms with Gasteiger partial charge >= 0.3 is 0 Å². The van der Waals surface area contributed by atoms with E-state index in [-0.39, 0.29) is 6.10 Å². The maximum atomic E-state index is 5.73. The van der Waals surface area contributed by atoms with E-state index >= 15 is 0 Å². The van der Waals surface area contributed by atoms with Gasteiger partial charge in [0.1, 0.15) is 11.9 Å². The second kappa shape index (κ2) is 3.22. The van der Waals surface area contributed by atoms with Crippen LogP contribution in [0.5, 0.6) is 5.75 Å². The Morgan fingerprint density at radius 1 is 1.54 bits per heavy atom. The van der Waals surface area contributed by atoms with Gasteiger partial charge in [-0.2, -0.15) is 0 Å². The van der Waals surface area contributed by atoms with Crippen LogP contribution in [0.3, 0.4) is 0 Å². The zero-order chi connectivity index (χ0) is 9.42. The monoisotopic (exact) mass is 241 g/mol. The molecule has 1 aliphatic heterocycles. The Morgan fingerprint density at radius 3 is 3.08 bits per heavy atom. The summed E-state index contributed by atoms with van der Waals surface area (Å²) in [5.74, 6) is 0.988. The smallest absolute Gasteiger partial charge is 0.145 e. The number of fused-ring (bicyclic) bond motifs is 1. The Bertz CT molecular complexity index is 338. The number of benzene rings is 1. The van der Waals surface area contributed by atoms with Crippen molar-refractivity contribution in [3.8, 4) is 5.75 Å². The first kappa shape index (κ1) is 8.88. The van der Waals surface area contributed by atoms with E-state index < -0.39 is 0 Å². The van der Waals surface area contributed by atoms with E-state index in [1.54, 1.807) is 0 Å². The molecule has 1 unspecified atom stereocenters. The maximum Gasteiger partial charge on any atom is 0.145 e. The lowest BCUT2D eigenvalue weighted by Gasteiger charge is -2.26. The first-order valence-electron chi connectivity index (χ1n) is 4.37. The quantitative estimate of drug-likeness (QED) is 0.755. The van der Waals surface area contributed by atoms with E-state index in [0.717, 1.165) is 22.5 Å². The molecule has 1 aliphatic rings. The van der Waals surface area contributed by atoms with Crippen LogP contribution in [-0.2, 0) is 0 Å². The molecule has 0 radical (unpaired) electrons. The molecule has 1 aromatic carbocycles. The Kier molecular flexibility index (Phi) is 2.20. The van der Waals surface area contributed by atoms with Gasteiger partial charge in [-0.3, -0.25) is 0 Å². The molecule has 2 nitrogen and oxygen atoms in total. The number of aryl methyl sites for hydroxylation is 1. The highest BCUT2D eigenvalue weighted by Gasteiger charge is 2.17. The molecule has 3 heteroatoms. The van der Waals surface area contributed by atoms with Crippen molar-refractivity contribution >= 4 is 21.6 Å². The minimum absolute atomic E-state index is 0.257. The van der Waals surface area contributed by atoms with Crippen LogP contribution < -0.4 is 10.1 Å². The number of hydrogen-bond donors (Lipinski definition) is 1. The first-order valence-corrected chi connectivity index (χ1v) is 5.17. The third kappa shape index (κ3) is 1.66. The van der Waals surface area contributed by atoms with Crippen LogP contribution in [-0.4, -0.2) is 12.6 Å². The molecule has 70 valence electrons. The van der Waals surface area contributed by atoms with Crippen LogP contribution in [0, 0.1) is 6.92 Å². The molecule has 1 heterocycles. The van der Waals surface area contributed by atoms with Gasteiger partial charge in [-0.05, 0) is 31.5 Å². The second-order valence-corrected chi connectivity index (χ2v) is 4.32. The van der Waals surface area contributed by atoms with Crippen molar-refractivity contribution < 1.29 is 4.74 Å². The molecule has 1 aromatic rings. The molecule has 0 saturated carbocycles. The fourth-order valence-electron chi connectivity index (χ4n) is 1.51. The van der Waals surface area contributed by atoms with Crippen LogP contribution in [0.4, 0.5) is 5.69 Å². The van der Waals surface area contributed by atoms with Crippen LogP contribution in [0.1, 0.15) is 12.5 Å². The fraction of sp³-hybridized carbons (Fsp3) is 0.400. The van der Waals surface area contributed by atoms with Gasteiger partial charge in [0.2, 0.25) is 0 Å². The van der Waals surface area contributed by atoms with E-state index in [4.69, 9.17) is 4.74 Å². The van der Waals surface area contributed by atoms with Gasteiger partial charge in [0.25, 0.3) is 0 Å². The van der Waals surface area contributed by atoms with Gasteiger partial charge in [-0.25, -0.2) is 0 Å². The molecule has 1 atom stereocenters. The summed E-state index contributed by atoms with van der Waals surface area (Å²) in [6.07, 6.45) is 0.257. The van der Waals surface area contributed by atoms with Crippen molar-refractivity contribution in [1.82, 2.24) is 0 Å². The Hall–Kier alpha value is -0.700. The van der Waals surface area contributed by atoms with Crippen LogP contribution in [0.25, 0.3) is 0 Å². The predicted molar refractivity (Wildman–Crippen MR) is 57.5 cm³/mol. The van der Waals surface area contributed by atoms with Crippen LogP contribution in [0.2, 0.25) is 0 Å². The Morgan fingerprint density at radius 2 is 2.31 bits per heavy atom. The van der Waals surface area contributed by atoms with Crippen LogP contribution >= 0.6 is 15.9 Å². The third-order valence-corrected chi connectivity index (χ3v) is 2.60. The Labute approximate surface area is 86.4 Å². The molecule has 0 aliphatic carbocycles. The summed E-state index contributed by atoms with van der Waals surface area (Å²) < 4.78 is 6.83. The van der Waals surface area contributed by atoms with Gasteiger partial charge in [-0.1, -0.05) is 15.9 Å². The molecule has 13 heavy (non-hydrogen) atoms. The molecule has 0 amide bonds. The van der Waals surface area contributed by atoms with Gasteiger partial charge in [0.05, 0.1) is 12.2 Å². The fourth-order valence-corrected chi connectivity index (χ4v) is 2.09. The average molecular weight is 242 g/mol.